The summed E-state index contributed by atoms with van der Waals surface area (Å²) in [6, 6.07) is 1.27. The summed E-state index contributed by atoms with van der Waals surface area (Å²) in [4.78, 5) is 0. The lowest BCUT2D eigenvalue weighted by atomic mass is 9.98. The molecule has 100 valence electrons. The van der Waals surface area contributed by atoms with E-state index in [0.717, 1.165) is 6.42 Å². The Morgan fingerprint density at radius 1 is 1.44 bits per heavy atom. The Morgan fingerprint density at radius 3 is 2.83 bits per heavy atom. The number of hydrogen-bond donors (Lipinski definition) is 1. The highest BCUT2D eigenvalue weighted by molar-refractivity contribution is 5.56. The van der Waals surface area contributed by atoms with Crippen molar-refractivity contribution in [3.05, 3.63) is 17.4 Å². The van der Waals surface area contributed by atoms with Crippen molar-refractivity contribution < 1.29 is 23.7 Å². The van der Waals surface area contributed by atoms with E-state index in [1.165, 1.54) is 13.2 Å². The molecular formula is C13H17FO4. The van der Waals surface area contributed by atoms with Crippen LogP contribution < -0.4 is 14.2 Å². The van der Waals surface area contributed by atoms with Crippen molar-refractivity contribution in [2.24, 2.45) is 0 Å². The van der Waals surface area contributed by atoms with E-state index < -0.39 is 5.82 Å². The summed E-state index contributed by atoms with van der Waals surface area (Å²) in [7, 11) is 1.40. The zero-order chi connectivity index (χ0) is 13.1. The van der Waals surface area contributed by atoms with Gasteiger partial charge in [-0.15, -0.1) is 0 Å². The smallest absolute Gasteiger partial charge is 0.169 e. The molecule has 1 atom stereocenters. The lowest BCUT2D eigenvalue weighted by Crippen LogP contribution is -2.08. The molecule has 1 N–H and O–H groups in total. The Balaban J connectivity index is 2.60. The molecule has 4 nitrogen and oxygen atoms in total. The number of halogens is 1. The van der Waals surface area contributed by atoms with Crippen LogP contribution in [-0.2, 0) is 0 Å². The zero-order valence-corrected chi connectivity index (χ0v) is 10.5. The van der Waals surface area contributed by atoms with E-state index in [1.807, 2.05) is 0 Å². The Morgan fingerprint density at radius 2 is 2.17 bits per heavy atom. The number of aliphatic hydroxyl groups excluding tert-OH is 1. The van der Waals surface area contributed by atoms with Crippen LogP contribution in [0.4, 0.5) is 4.39 Å². The predicted molar refractivity (Wildman–Crippen MR) is 64.1 cm³/mol. The quantitative estimate of drug-likeness (QED) is 0.899. The molecule has 0 saturated carbocycles. The Labute approximate surface area is 105 Å². The average Bonchev–Trinajstić information content (AvgIpc) is 2.61. The van der Waals surface area contributed by atoms with Gasteiger partial charge in [-0.1, -0.05) is 6.92 Å². The summed E-state index contributed by atoms with van der Waals surface area (Å²) in [5.74, 6) is 0.178. The van der Waals surface area contributed by atoms with Crippen molar-refractivity contribution in [1.82, 2.24) is 0 Å². The summed E-state index contributed by atoms with van der Waals surface area (Å²) in [6.45, 7) is 2.67. The van der Waals surface area contributed by atoms with Gasteiger partial charge < -0.3 is 19.3 Å². The second-order valence-electron chi connectivity index (χ2n) is 4.27. The molecule has 0 amide bonds. The molecule has 0 radical (unpaired) electrons. The maximum absolute atomic E-state index is 13.9. The third-order valence-corrected chi connectivity index (χ3v) is 2.95. The molecule has 0 aliphatic carbocycles. The summed E-state index contributed by atoms with van der Waals surface area (Å²) in [5, 5.41) is 9.30. The van der Waals surface area contributed by atoms with Gasteiger partial charge >= 0.3 is 0 Å². The van der Waals surface area contributed by atoms with E-state index in [4.69, 9.17) is 14.2 Å². The molecule has 1 aromatic carbocycles. The van der Waals surface area contributed by atoms with Gasteiger partial charge in [-0.2, -0.15) is 0 Å². The summed E-state index contributed by atoms with van der Waals surface area (Å²) in [6.07, 6.45) is 0.742. The minimum Gasteiger partial charge on any atom is -0.493 e. The van der Waals surface area contributed by atoms with Crippen molar-refractivity contribution in [3.8, 4) is 17.2 Å². The molecule has 1 aliphatic rings. The lowest BCUT2D eigenvalue weighted by Gasteiger charge is -2.20. The van der Waals surface area contributed by atoms with E-state index in [9.17, 15) is 9.50 Å². The van der Waals surface area contributed by atoms with Crippen LogP contribution in [0.25, 0.3) is 0 Å². The maximum atomic E-state index is 13.9. The zero-order valence-electron chi connectivity index (χ0n) is 10.5. The van der Waals surface area contributed by atoms with Crippen LogP contribution in [0.3, 0.4) is 0 Å². The first kappa shape index (κ1) is 13.0. The molecule has 18 heavy (non-hydrogen) atoms. The Hall–Kier alpha value is -1.49. The number of hydrogen-bond acceptors (Lipinski definition) is 4. The topological polar surface area (TPSA) is 47.9 Å². The van der Waals surface area contributed by atoms with Gasteiger partial charge in [-0.05, 0) is 0 Å². The van der Waals surface area contributed by atoms with Crippen LogP contribution in [0.5, 0.6) is 17.2 Å². The maximum Gasteiger partial charge on any atom is 0.169 e. The van der Waals surface area contributed by atoms with Crippen molar-refractivity contribution in [2.45, 2.75) is 19.3 Å². The molecule has 0 spiro atoms. The summed E-state index contributed by atoms with van der Waals surface area (Å²) >= 11 is 0. The van der Waals surface area contributed by atoms with E-state index in [-0.39, 0.29) is 18.3 Å². The average molecular weight is 256 g/mol. The van der Waals surface area contributed by atoms with Crippen molar-refractivity contribution in [2.75, 3.05) is 26.9 Å². The van der Waals surface area contributed by atoms with Gasteiger partial charge in [0.25, 0.3) is 0 Å². The lowest BCUT2D eigenvalue weighted by molar-refractivity contribution is 0.259. The number of aliphatic hydroxyl groups is 1. The molecule has 1 heterocycles. The first-order chi connectivity index (χ1) is 8.69. The van der Waals surface area contributed by atoms with Crippen molar-refractivity contribution in [1.29, 1.82) is 0 Å². The first-order valence-corrected chi connectivity index (χ1v) is 5.95. The first-order valence-electron chi connectivity index (χ1n) is 5.95. The number of ether oxygens (including phenoxy) is 3. The van der Waals surface area contributed by atoms with Crippen molar-refractivity contribution >= 4 is 0 Å². The van der Waals surface area contributed by atoms with Crippen LogP contribution in [0.15, 0.2) is 6.07 Å². The van der Waals surface area contributed by atoms with Gasteiger partial charge in [0.05, 0.1) is 20.3 Å². The third kappa shape index (κ3) is 2.22. The highest BCUT2D eigenvalue weighted by Crippen LogP contribution is 2.44. The highest BCUT2D eigenvalue weighted by Gasteiger charge is 2.26. The molecule has 2 rings (SSSR count). The standard InChI is InChI=1S/C13H17FO4/c1-8(7-15)11-12(16-2)9(14)6-10-13(11)18-5-3-4-17-10/h6,8,15H,3-5,7H2,1-2H3. The minimum absolute atomic E-state index is 0.112. The molecule has 0 bridgehead atoms. The van der Waals surface area contributed by atoms with Gasteiger partial charge in [-0.3, -0.25) is 0 Å². The molecular weight excluding hydrogens is 239 g/mol. The third-order valence-electron chi connectivity index (χ3n) is 2.95. The van der Waals surface area contributed by atoms with Gasteiger partial charge in [0.2, 0.25) is 0 Å². The van der Waals surface area contributed by atoms with Crippen LogP contribution in [0.2, 0.25) is 0 Å². The number of methoxy groups -OCH3 is 1. The molecule has 0 fully saturated rings. The second kappa shape index (κ2) is 5.44. The fourth-order valence-corrected chi connectivity index (χ4v) is 2.03. The number of fused-ring (bicyclic) bond motifs is 1. The molecule has 0 aromatic heterocycles. The fourth-order valence-electron chi connectivity index (χ4n) is 2.03. The highest BCUT2D eigenvalue weighted by atomic mass is 19.1. The van der Waals surface area contributed by atoms with E-state index in [2.05, 4.69) is 0 Å². The van der Waals surface area contributed by atoms with Gasteiger partial charge in [0, 0.05) is 30.6 Å². The van der Waals surface area contributed by atoms with Crippen LogP contribution in [-0.4, -0.2) is 32.0 Å². The number of benzene rings is 1. The van der Waals surface area contributed by atoms with E-state index in [0.29, 0.717) is 30.3 Å². The van der Waals surface area contributed by atoms with Crippen molar-refractivity contribution in [3.63, 3.8) is 0 Å². The monoisotopic (exact) mass is 256 g/mol. The van der Waals surface area contributed by atoms with Crippen LogP contribution in [0.1, 0.15) is 24.8 Å². The largest absolute Gasteiger partial charge is 0.493 e. The molecule has 0 saturated heterocycles. The minimum atomic E-state index is -0.503. The van der Waals surface area contributed by atoms with Crippen LogP contribution >= 0.6 is 0 Å². The predicted octanol–water partition coefficient (Wildman–Crippen LogP) is 2.09. The van der Waals surface area contributed by atoms with Gasteiger partial charge in [-0.25, -0.2) is 4.39 Å². The molecule has 1 unspecified atom stereocenters. The van der Waals surface area contributed by atoms with Gasteiger partial charge in [0.1, 0.15) is 0 Å². The SMILES string of the molecule is COc1c(F)cc2c(c1C(C)CO)OCCCO2. The van der Waals surface area contributed by atoms with E-state index >= 15 is 0 Å². The fraction of sp³-hybridized carbons (Fsp3) is 0.538. The normalized spacial score (nSPS) is 16.0. The Kier molecular flexibility index (Phi) is 3.91. The Bertz CT molecular complexity index is 433. The summed E-state index contributed by atoms with van der Waals surface area (Å²) in [5.41, 5.74) is 0.525. The van der Waals surface area contributed by atoms with Crippen LogP contribution in [0, 0.1) is 5.82 Å². The second-order valence-corrected chi connectivity index (χ2v) is 4.27. The molecule has 1 aromatic rings. The molecule has 1 aliphatic heterocycles. The van der Waals surface area contributed by atoms with Gasteiger partial charge in [0.15, 0.2) is 23.1 Å². The summed E-state index contributed by atoms with van der Waals surface area (Å²) < 4.78 is 30.1. The van der Waals surface area contributed by atoms with E-state index in [1.54, 1.807) is 6.92 Å². The number of rotatable bonds is 3. The molecule has 5 heteroatoms.